The fraction of sp³-hybridized carbons (Fsp3) is 0.933. The largest absolute Gasteiger partial charge is 0.385 e. The van der Waals surface area contributed by atoms with Crippen molar-refractivity contribution < 1.29 is 14.3 Å². The molecule has 0 radical (unpaired) electrons. The highest BCUT2D eigenvalue weighted by Crippen LogP contribution is 2.16. The highest BCUT2D eigenvalue weighted by atomic mass is 16.5. The minimum atomic E-state index is -0.0717. The van der Waals surface area contributed by atoms with Crippen molar-refractivity contribution in [1.82, 2.24) is 10.2 Å². The maximum Gasteiger partial charge on any atom is 0.237 e. The molecule has 1 heterocycles. The van der Waals surface area contributed by atoms with Crippen molar-refractivity contribution >= 4 is 5.91 Å². The lowest BCUT2D eigenvalue weighted by molar-refractivity contribution is -0.127. The standard InChI is InChI=1S/C15H31N3O3/c1-13(15(19)17-8-4-11-20-2)18-9-5-14(6-10-18)21-12-3-7-16/h13-14H,3-12,16H2,1-2H3,(H,17,19). The van der Waals surface area contributed by atoms with Crippen molar-refractivity contribution in [2.75, 3.05) is 46.5 Å². The Balaban J connectivity index is 2.18. The second kappa shape index (κ2) is 11.0. The lowest BCUT2D eigenvalue weighted by atomic mass is 10.1. The zero-order valence-electron chi connectivity index (χ0n) is 13.5. The number of hydrogen-bond acceptors (Lipinski definition) is 5. The minimum absolute atomic E-state index is 0.0717. The molecule has 6 heteroatoms. The molecule has 124 valence electrons. The van der Waals surface area contributed by atoms with Crippen molar-refractivity contribution in [2.45, 2.75) is 44.8 Å². The van der Waals surface area contributed by atoms with E-state index in [1.807, 2.05) is 6.92 Å². The molecule has 1 atom stereocenters. The second-order valence-electron chi connectivity index (χ2n) is 5.56. The van der Waals surface area contributed by atoms with E-state index in [1.165, 1.54) is 0 Å². The Hall–Kier alpha value is -0.690. The summed E-state index contributed by atoms with van der Waals surface area (Å²) in [4.78, 5) is 14.3. The van der Waals surface area contributed by atoms with Gasteiger partial charge in [-0.15, -0.1) is 0 Å². The van der Waals surface area contributed by atoms with E-state index >= 15 is 0 Å². The molecule has 1 rings (SSSR count). The maximum atomic E-state index is 12.1. The summed E-state index contributed by atoms with van der Waals surface area (Å²) in [6.45, 7) is 6.59. The number of carbonyl (C=O) groups is 1. The van der Waals surface area contributed by atoms with Crippen LogP contribution in [0.5, 0.6) is 0 Å². The first-order valence-electron chi connectivity index (χ1n) is 8.01. The first-order valence-corrected chi connectivity index (χ1v) is 8.01. The van der Waals surface area contributed by atoms with Crippen LogP contribution in [0, 0.1) is 0 Å². The van der Waals surface area contributed by atoms with Crippen LogP contribution in [0.15, 0.2) is 0 Å². The molecule has 1 unspecified atom stereocenters. The predicted octanol–water partition coefficient (Wildman–Crippen LogP) is 0.357. The average Bonchev–Trinajstić information content (AvgIpc) is 2.51. The van der Waals surface area contributed by atoms with Gasteiger partial charge in [0.25, 0.3) is 0 Å². The summed E-state index contributed by atoms with van der Waals surface area (Å²) in [5.74, 6) is 0.105. The lowest BCUT2D eigenvalue weighted by Gasteiger charge is -2.35. The topological polar surface area (TPSA) is 76.8 Å². The van der Waals surface area contributed by atoms with Gasteiger partial charge < -0.3 is 20.5 Å². The third-order valence-electron chi connectivity index (χ3n) is 3.93. The molecule has 3 N–H and O–H groups in total. The summed E-state index contributed by atoms with van der Waals surface area (Å²) in [5, 5.41) is 2.96. The molecule has 6 nitrogen and oxygen atoms in total. The third-order valence-corrected chi connectivity index (χ3v) is 3.93. The van der Waals surface area contributed by atoms with Gasteiger partial charge in [-0.05, 0) is 39.2 Å². The molecular formula is C15H31N3O3. The van der Waals surface area contributed by atoms with E-state index in [-0.39, 0.29) is 11.9 Å². The van der Waals surface area contributed by atoms with Crippen LogP contribution in [0.3, 0.4) is 0 Å². The molecule has 1 aliphatic rings. The Labute approximate surface area is 128 Å². The van der Waals surface area contributed by atoms with E-state index < -0.39 is 0 Å². The summed E-state index contributed by atoms with van der Waals surface area (Å²) < 4.78 is 10.8. The molecule has 0 aromatic rings. The second-order valence-corrected chi connectivity index (χ2v) is 5.56. The average molecular weight is 301 g/mol. The van der Waals surface area contributed by atoms with Gasteiger partial charge in [-0.2, -0.15) is 0 Å². The number of piperidine rings is 1. The molecule has 1 aliphatic heterocycles. The fourth-order valence-corrected chi connectivity index (χ4v) is 2.50. The molecule has 0 aromatic heterocycles. The zero-order valence-corrected chi connectivity index (χ0v) is 13.5. The monoisotopic (exact) mass is 301 g/mol. The van der Waals surface area contributed by atoms with Crippen LogP contribution in [0.2, 0.25) is 0 Å². The molecule has 1 fully saturated rings. The molecular weight excluding hydrogens is 270 g/mol. The smallest absolute Gasteiger partial charge is 0.237 e. The molecule has 0 saturated carbocycles. The molecule has 0 bridgehead atoms. The number of nitrogens with one attached hydrogen (secondary N) is 1. The molecule has 0 aliphatic carbocycles. The van der Waals surface area contributed by atoms with Gasteiger partial charge in [0, 0.05) is 40.0 Å². The van der Waals surface area contributed by atoms with Gasteiger partial charge in [-0.3, -0.25) is 9.69 Å². The summed E-state index contributed by atoms with van der Waals surface area (Å²) >= 11 is 0. The number of nitrogens with two attached hydrogens (primary N) is 1. The minimum Gasteiger partial charge on any atom is -0.385 e. The van der Waals surface area contributed by atoms with E-state index in [1.54, 1.807) is 7.11 Å². The van der Waals surface area contributed by atoms with Crippen LogP contribution in [0.1, 0.15) is 32.6 Å². The molecule has 0 aromatic carbocycles. The van der Waals surface area contributed by atoms with Gasteiger partial charge in [-0.1, -0.05) is 0 Å². The Morgan fingerprint density at radius 1 is 1.33 bits per heavy atom. The summed E-state index contributed by atoms with van der Waals surface area (Å²) in [7, 11) is 1.67. The number of likely N-dealkylation sites (tertiary alicyclic amines) is 1. The van der Waals surface area contributed by atoms with Gasteiger partial charge in [-0.25, -0.2) is 0 Å². The van der Waals surface area contributed by atoms with E-state index in [0.717, 1.165) is 45.4 Å². The van der Waals surface area contributed by atoms with Crippen molar-refractivity contribution in [1.29, 1.82) is 0 Å². The van der Waals surface area contributed by atoms with Gasteiger partial charge in [0.2, 0.25) is 5.91 Å². The van der Waals surface area contributed by atoms with Gasteiger partial charge in [0.05, 0.1) is 12.1 Å². The third kappa shape index (κ3) is 7.22. The first kappa shape index (κ1) is 18.4. The Morgan fingerprint density at radius 3 is 2.67 bits per heavy atom. The zero-order chi connectivity index (χ0) is 15.5. The quantitative estimate of drug-likeness (QED) is 0.570. The molecule has 1 amide bonds. The fourth-order valence-electron chi connectivity index (χ4n) is 2.50. The number of nitrogens with zero attached hydrogens (tertiary/aromatic N) is 1. The number of rotatable bonds is 10. The van der Waals surface area contributed by atoms with E-state index in [0.29, 0.717) is 25.8 Å². The molecule has 21 heavy (non-hydrogen) atoms. The maximum absolute atomic E-state index is 12.1. The number of carbonyl (C=O) groups excluding carboxylic acids is 1. The SMILES string of the molecule is COCCCNC(=O)C(C)N1CCC(OCCCN)CC1. The Bertz CT molecular complexity index is 281. The summed E-state index contributed by atoms with van der Waals surface area (Å²) in [5.41, 5.74) is 5.46. The van der Waals surface area contributed by atoms with Crippen LogP contribution < -0.4 is 11.1 Å². The van der Waals surface area contributed by atoms with Gasteiger partial charge in [0.15, 0.2) is 0 Å². The first-order chi connectivity index (χ1) is 10.2. The Morgan fingerprint density at radius 2 is 2.05 bits per heavy atom. The van der Waals surface area contributed by atoms with Crippen molar-refractivity contribution in [3.8, 4) is 0 Å². The van der Waals surface area contributed by atoms with Gasteiger partial charge >= 0.3 is 0 Å². The van der Waals surface area contributed by atoms with Crippen LogP contribution in [0.4, 0.5) is 0 Å². The van der Waals surface area contributed by atoms with Gasteiger partial charge in [0.1, 0.15) is 0 Å². The van der Waals surface area contributed by atoms with E-state index in [4.69, 9.17) is 15.2 Å². The lowest BCUT2D eigenvalue weighted by Crippen LogP contribution is -2.49. The normalized spacial score (nSPS) is 18.6. The Kier molecular flexibility index (Phi) is 9.58. The van der Waals surface area contributed by atoms with Crippen LogP contribution in [-0.4, -0.2) is 69.5 Å². The molecule has 0 spiro atoms. The number of amides is 1. The van der Waals surface area contributed by atoms with Crippen molar-refractivity contribution in [2.24, 2.45) is 5.73 Å². The number of methoxy groups -OCH3 is 1. The van der Waals surface area contributed by atoms with Crippen LogP contribution >= 0.6 is 0 Å². The van der Waals surface area contributed by atoms with Crippen molar-refractivity contribution in [3.63, 3.8) is 0 Å². The van der Waals surface area contributed by atoms with Crippen molar-refractivity contribution in [3.05, 3.63) is 0 Å². The highest BCUT2D eigenvalue weighted by Gasteiger charge is 2.26. The summed E-state index contributed by atoms with van der Waals surface area (Å²) in [6.07, 6.45) is 4.08. The van der Waals surface area contributed by atoms with Crippen LogP contribution in [-0.2, 0) is 14.3 Å². The highest BCUT2D eigenvalue weighted by molar-refractivity contribution is 5.81. The predicted molar refractivity (Wildman–Crippen MR) is 83.2 cm³/mol. The van der Waals surface area contributed by atoms with E-state index in [2.05, 4.69) is 10.2 Å². The number of hydrogen-bond donors (Lipinski definition) is 2. The summed E-state index contributed by atoms with van der Waals surface area (Å²) in [6, 6.07) is -0.0717. The van der Waals surface area contributed by atoms with E-state index in [9.17, 15) is 4.79 Å². The molecule has 1 saturated heterocycles. The number of ether oxygens (including phenoxy) is 2. The van der Waals surface area contributed by atoms with Crippen LogP contribution in [0.25, 0.3) is 0 Å².